The van der Waals surface area contributed by atoms with Gasteiger partial charge in [0.25, 0.3) is 0 Å². The van der Waals surface area contributed by atoms with E-state index in [1.165, 1.54) is 89.9 Å². The number of unbranched alkanes of at least 4 members (excludes halogenated alkanes) is 12. The summed E-state index contributed by atoms with van der Waals surface area (Å²) in [5.41, 5.74) is 0. The zero-order chi connectivity index (χ0) is 34.7. The summed E-state index contributed by atoms with van der Waals surface area (Å²) in [6.07, 6.45) is 24.4. The minimum Gasteiger partial charge on any atom is -0.549 e. The van der Waals surface area contributed by atoms with Crippen molar-refractivity contribution in [1.29, 1.82) is 0 Å². The zero-order valence-corrected chi connectivity index (χ0v) is 35.4. The van der Waals surface area contributed by atoms with Crippen LogP contribution in [-0.4, -0.2) is 77.7 Å². The van der Waals surface area contributed by atoms with Crippen LogP contribution in [0.1, 0.15) is 130 Å². The maximum absolute atomic E-state index is 9.41. The van der Waals surface area contributed by atoms with Gasteiger partial charge in [-0.3, -0.25) is 0 Å². The molecule has 44 heavy (non-hydrogen) atoms. The molecule has 0 heterocycles. The molecule has 0 atom stereocenters. The maximum Gasteiger partial charge on any atom is 0.0643 e. The second-order valence-electron chi connectivity index (χ2n) is 9.77. The van der Waals surface area contributed by atoms with Crippen molar-refractivity contribution in [3.05, 3.63) is 12.2 Å². The average Bonchev–Trinajstić information content (AvgIpc) is 2.99. The van der Waals surface area contributed by atoms with Crippen LogP contribution in [-0.2, 0) is 19.2 Å². The number of hydrogen-bond donors (Lipinski definition) is 2. The molecule has 0 fully saturated rings. The molecule has 0 aromatic carbocycles. The molecule has 0 bridgehead atoms. The van der Waals surface area contributed by atoms with Gasteiger partial charge in [-0.25, -0.2) is 0 Å². The van der Waals surface area contributed by atoms with E-state index in [9.17, 15) is 39.6 Å². The summed E-state index contributed by atoms with van der Waals surface area (Å²) in [6.45, 7) is 9.18. The molecule has 0 rings (SSSR count). The molecule has 8 nitrogen and oxygen atoms in total. The smallest absolute Gasteiger partial charge is 0.0643 e. The van der Waals surface area contributed by atoms with Gasteiger partial charge in [-0.15, -0.1) is 0 Å². The first-order chi connectivity index (χ1) is 21.0. The van der Waals surface area contributed by atoms with Crippen LogP contribution in [0.2, 0.25) is 17.7 Å². The van der Waals surface area contributed by atoms with Gasteiger partial charge in [-0.05, 0) is 12.2 Å². The molecule has 0 radical (unpaired) electrons. The molecule has 256 valence electrons. The third kappa shape index (κ3) is 83.9. The number of hydrogen-bond acceptors (Lipinski definition) is 10. The van der Waals surface area contributed by atoms with E-state index < -0.39 is 23.9 Å². The normalized spacial score (nSPS) is 9.32. The van der Waals surface area contributed by atoms with E-state index in [1.807, 2.05) is 0 Å². The molecule has 0 N–H and O–H groups in total. The summed E-state index contributed by atoms with van der Waals surface area (Å²) >= 11 is 6.93. The molecule has 0 saturated heterocycles. The monoisotopic (exact) mass is 876 g/mol. The summed E-state index contributed by atoms with van der Waals surface area (Å²) < 4.78 is 6.56. The molecule has 0 saturated carbocycles. The molecule has 12 heteroatoms. The van der Waals surface area contributed by atoms with Crippen LogP contribution in [0.15, 0.2) is 12.2 Å². The Hall–Kier alpha value is -0.0826. The molecule has 0 aliphatic rings. The Morgan fingerprint density at radius 1 is 0.455 bits per heavy atom. The van der Waals surface area contributed by atoms with Gasteiger partial charge in [-0.2, -0.15) is 25.3 Å². The van der Waals surface area contributed by atoms with Crippen molar-refractivity contribution in [1.82, 2.24) is 0 Å². The van der Waals surface area contributed by atoms with Gasteiger partial charge in [0.1, 0.15) is 0 Å². The van der Waals surface area contributed by atoms with Crippen LogP contribution in [0.3, 0.4) is 0 Å². The van der Waals surface area contributed by atoms with Gasteiger partial charge in [0, 0.05) is 11.5 Å². The minimum atomic E-state index is -1.55. The molecule has 0 spiro atoms. The fourth-order valence-electron chi connectivity index (χ4n) is 3.05. The quantitative estimate of drug-likeness (QED) is 0.0643. The van der Waals surface area contributed by atoms with Crippen molar-refractivity contribution in [2.75, 3.05) is 11.5 Å². The van der Waals surface area contributed by atoms with E-state index in [2.05, 4.69) is 53.0 Å². The number of carboxylic acids is 4. The molecule has 0 aromatic heterocycles. The van der Waals surface area contributed by atoms with E-state index in [-0.39, 0.29) is 53.8 Å². The SMILES string of the molecule is CCCCCCC[CH2][Sn+2][CH2]CCCCCCC.CCC[CH2][Sn+2][CH2]CCC.O=C([O-])/C=C\C(=O)[O-].O=C([O-])CS.O=C([O-])CS. The molecule has 0 unspecified atom stereocenters. The van der Waals surface area contributed by atoms with Crippen molar-refractivity contribution < 1.29 is 39.6 Å². The van der Waals surface area contributed by atoms with Crippen molar-refractivity contribution >= 4 is 91.4 Å². The summed E-state index contributed by atoms with van der Waals surface area (Å²) in [6, 6.07) is 0. The Labute approximate surface area is 300 Å². The first kappa shape index (κ1) is 53.4. The second kappa shape index (κ2) is 52.4. The fourth-order valence-corrected chi connectivity index (χ4v) is 10.8. The Morgan fingerprint density at radius 3 is 0.909 bits per heavy atom. The Balaban J connectivity index is -0.000000159. The number of aliphatic carboxylic acids is 4. The van der Waals surface area contributed by atoms with Crippen molar-refractivity contribution in [2.24, 2.45) is 0 Å². The molecule has 0 aliphatic carbocycles. The summed E-state index contributed by atoms with van der Waals surface area (Å²) in [5.74, 6) is -5.75. The van der Waals surface area contributed by atoms with E-state index in [4.69, 9.17) is 0 Å². The standard InChI is InChI=1S/2C8H17.C4H4O4.2C4H9.2C2H4O2S.2Sn/c2*1-3-5-7-8-6-4-2;5-3(6)1-2-4(7)8;2*1-3-4-2;2*3-2(4)1-5;;/h2*1,3-8H2,2H3;1-2H,(H,5,6)(H,7,8);2*1,3-4H2,2H3;2*5H,1H2,(H,3,4);;/q;;;;;;;2*+2/p-4/b;;2-1-;;;;;;. The largest absolute Gasteiger partial charge is 0.549 e. The second-order valence-corrected chi connectivity index (χ2v) is 19.0. The third-order valence-electron chi connectivity index (χ3n) is 5.44. The predicted octanol–water partition coefficient (Wildman–Crippen LogP) is 3.75. The number of thiol groups is 2. The number of carbonyl (C=O) groups is 4. The van der Waals surface area contributed by atoms with Gasteiger partial charge in [0.2, 0.25) is 0 Å². The van der Waals surface area contributed by atoms with E-state index in [0.29, 0.717) is 12.2 Å². The zero-order valence-electron chi connectivity index (χ0n) is 27.9. The average molecular weight is 874 g/mol. The molecular weight excluding hydrogens is 814 g/mol. The van der Waals surface area contributed by atoms with Crippen molar-refractivity contribution in [3.63, 3.8) is 0 Å². The molecule has 0 aliphatic heterocycles. The Bertz CT molecular complexity index is 589. The maximum atomic E-state index is 9.41. The first-order valence-electron chi connectivity index (χ1n) is 16.1. The van der Waals surface area contributed by atoms with Crippen LogP contribution in [0.25, 0.3) is 0 Å². The topological polar surface area (TPSA) is 161 Å². The molecule has 0 aromatic rings. The summed E-state index contributed by atoms with van der Waals surface area (Å²) in [4.78, 5) is 37.2. The fraction of sp³-hybridized carbons (Fsp3) is 0.812. The van der Waals surface area contributed by atoms with Crippen LogP contribution >= 0.6 is 25.3 Å². The van der Waals surface area contributed by atoms with Crippen LogP contribution < -0.4 is 20.4 Å². The van der Waals surface area contributed by atoms with Crippen LogP contribution in [0.5, 0.6) is 0 Å². The van der Waals surface area contributed by atoms with E-state index in [1.54, 1.807) is 30.6 Å². The van der Waals surface area contributed by atoms with Gasteiger partial charge in [-0.1, -0.05) is 0 Å². The van der Waals surface area contributed by atoms with Crippen LogP contribution in [0, 0.1) is 0 Å². The van der Waals surface area contributed by atoms with E-state index >= 15 is 0 Å². The van der Waals surface area contributed by atoms with Gasteiger partial charge >= 0.3 is 190 Å². The number of carbonyl (C=O) groups excluding carboxylic acids is 4. The summed E-state index contributed by atoms with van der Waals surface area (Å²) in [5, 5.41) is 37.2. The minimum absolute atomic E-state index is 0.0736. The van der Waals surface area contributed by atoms with Crippen molar-refractivity contribution in [3.8, 4) is 0 Å². The van der Waals surface area contributed by atoms with Gasteiger partial charge < -0.3 is 39.6 Å². The van der Waals surface area contributed by atoms with Gasteiger partial charge in [0.05, 0.1) is 23.9 Å². The van der Waals surface area contributed by atoms with Crippen LogP contribution in [0.4, 0.5) is 0 Å². The molecule has 0 amide bonds. The van der Waals surface area contributed by atoms with Gasteiger partial charge in [0.15, 0.2) is 0 Å². The number of rotatable bonds is 24. The molecular formula is C32H60O8S2Sn2. The van der Waals surface area contributed by atoms with E-state index in [0.717, 1.165) is 0 Å². The summed E-state index contributed by atoms with van der Waals surface area (Å²) in [7, 11) is 0. The number of carboxylic acid groups (broad SMARTS) is 4. The third-order valence-corrected chi connectivity index (χ3v) is 14.0. The first-order valence-corrected chi connectivity index (χ1v) is 25.5. The Morgan fingerprint density at radius 2 is 0.682 bits per heavy atom. The van der Waals surface area contributed by atoms with Crippen molar-refractivity contribution in [2.45, 2.75) is 148 Å². The Kier molecular flexibility index (Phi) is 63.7. The predicted molar refractivity (Wildman–Crippen MR) is 184 cm³/mol.